The van der Waals surface area contributed by atoms with Crippen molar-refractivity contribution in [3.8, 4) is 17.2 Å². The molecule has 7 heteroatoms. The van der Waals surface area contributed by atoms with E-state index in [4.69, 9.17) is 26.4 Å². The molecule has 2 N–H and O–H groups in total. The number of hydrogen-bond donors (Lipinski definition) is 2. The Labute approximate surface area is 124 Å². The van der Waals surface area contributed by atoms with E-state index < -0.39 is 0 Å². The molecule has 1 rings (SSSR count). The summed E-state index contributed by atoms with van der Waals surface area (Å²) in [6, 6.07) is 3.61. The van der Waals surface area contributed by atoms with Crippen molar-refractivity contribution in [1.82, 2.24) is 10.7 Å². The zero-order chi connectivity index (χ0) is 15.0. The molecule has 0 unspecified atom stereocenters. The van der Waals surface area contributed by atoms with E-state index in [2.05, 4.69) is 15.8 Å². The highest BCUT2D eigenvalue weighted by molar-refractivity contribution is 7.80. The molecule has 0 saturated carbocycles. The van der Waals surface area contributed by atoms with Gasteiger partial charge in [0.2, 0.25) is 5.75 Å². The van der Waals surface area contributed by atoms with Crippen LogP contribution in [0.25, 0.3) is 0 Å². The topological polar surface area (TPSA) is 64.1 Å². The fraction of sp³-hybridized carbons (Fsp3) is 0.385. The Balaban J connectivity index is 3.01. The predicted octanol–water partition coefficient (Wildman–Crippen LogP) is 1.53. The van der Waals surface area contributed by atoms with Crippen molar-refractivity contribution in [2.45, 2.75) is 6.92 Å². The summed E-state index contributed by atoms with van der Waals surface area (Å²) in [4.78, 5) is 0. The van der Waals surface area contributed by atoms with Crippen molar-refractivity contribution < 1.29 is 14.2 Å². The van der Waals surface area contributed by atoms with E-state index in [1.54, 1.807) is 39.6 Å². The number of rotatable bonds is 6. The van der Waals surface area contributed by atoms with Gasteiger partial charge in [0.1, 0.15) is 0 Å². The van der Waals surface area contributed by atoms with E-state index in [1.807, 2.05) is 6.92 Å². The van der Waals surface area contributed by atoms with E-state index in [0.29, 0.717) is 29.0 Å². The molecule has 6 nitrogen and oxygen atoms in total. The van der Waals surface area contributed by atoms with Gasteiger partial charge in [-0.05, 0) is 31.3 Å². The molecule has 1 aromatic carbocycles. The minimum absolute atomic E-state index is 0.436. The lowest BCUT2D eigenvalue weighted by molar-refractivity contribution is 0.288. The lowest BCUT2D eigenvalue weighted by atomic mass is 10.2. The number of thiocarbonyl (C=S) groups is 1. The number of hydrazone groups is 1. The molecule has 0 spiro atoms. The van der Waals surface area contributed by atoms with Gasteiger partial charge in [-0.1, -0.05) is 0 Å². The highest BCUT2D eigenvalue weighted by Gasteiger charge is 2.13. The SMILES string of the molecule is CCOc1c(OC)cc(/C=N/NC(=S)NC)cc1OC. The Morgan fingerprint density at radius 3 is 2.35 bits per heavy atom. The van der Waals surface area contributed by atoms with Crippen molar-refractivity contribution in [2.24, 2.45) is 5.10 Å². The van der Waals surface area contributed by atoms with Crippen LogP contribution in [0.3, 0.4) is 0 Å². The van der Waals surface area contributed by atoms with Gasteiger partial charge in [0.05, 0.1) is 27.0 Å². The highest BCUT2D eigenvalue weighted by Crippen LogP contribution is 2.38. The lowest BCUT2D eigenvalue weighted by Gasteiger charge is -2.14. The average Bonchev–Trinajstić information content (AvgIpc) is 2.48. The third-order valence-electron chi connectivity index (χ3n) is 2.38. The molecule has 0 saturated heterocycles. The van der Waals surface area contributed by atoms with Crippen LogP contribution in [-0.4, -0.2) is 39.2 Å². The quantitative estimate of drug-likeness (QED) is 0.472. The maximum absolute atomic E-state index is 5.52. The highest BCUT2D eigenvalue weighted by atomic mass is 32.1. The van der Waals surface area contributed by atoms with Gasteiger partial charge >= 0.3 is 0 Å². The molecular formula is C13H19N3O3S. The average molecular weight is 297 g/mol. The zero-order valence-electron chi connectivity index (χ0n) is 12.0. The number of ether oxygens (including phenoxy) is 3. The first-order chi connectivity index (χ1) is 9.65. The normalized spacial score (nSPS) is 10.2. The van der Waals surface area contributed by atoms with Gasteiger partial charge in [-0.25, -0.2) is 0 Å². The van der Waals surface area contributed by atoms with E-state index in [0.717, 1.165) is 5.56 Å². The molecule has 0 aliphatic heterocycles. The first-order valence-electron chi connectivity index (χ1n) is 6.05. The molecule has 0 bridgehead atoms. The first-order valence-corrected chi connectivity index (χ1v) is 6.46. The predicted molar refractivity (Wildman–Crippen MR) is 83.1 cm³/mol. The summed E-state index contributed by atoms with van der Waals surface area (Å²) in [5, 5.41) is 7.20. The van der Waals surface area contributed by atoms with E-state index in [9.17, 15) is 0 Å². The van der Waals surface area contributed by atoms with E-state index >= 15 is 0 Å². The van der Waals surface area contributed by atoms with Crippen molar-refractivity contribution in [3.63, 3.8) is 0 Å². The van der Waals surface area contributed by atoms with Gasteiger partial charge in [0.15, 0.2) is 16.6 Å². The fourth-order valence-corrected chi connectivity index (χ4v) is 1.54. The lowest BCUT2D eigenvalue weighted by Crippen LogP contribution is -2.28. The molecule has 20 heavy (non-hydrogen) atoms. The molecule has 0 atom stereocenters. The summed E-state index contributed by atoms with van der Waals surface area (Å²) in [5.41, 5.74) is 3.47. The largest absolute Gasteiger partial charge is 0.493 e. The second-order valence-electron chi connectivity index (χ2n) is 3.64. The van der Waals surface area contributed by atoms with Crippen LogP contribution in [0.4, 0.5) is 0 Å². The minimum Gasteiger partial charge on any atom is -0.493 e. The van der Waals surface area contributed by atoms with Crippen LogP contribution in [0.2, 0.25) is 0 Å². The van der Waals surface area contributed by atoms with Crippen LogP contribution in [0.15, 0.2) is 17.2 Å². The van der Waals surface area contributed by atoms with Crippen LogP contribution >= 0.6 is 12.2 Å². The van der Waals surface area contributed by atoms with Crippen LogP contribution in [0.1, 0.15) is 12.5 Å². The Bertz CT molecular complexity index is 467. The summed E-state index contributed by atoms with van der Waals surface area (Å²) in [6.45, 7) is 2.43. The standard InChI is InChI=1S/C13H19N3O3S/c1-5-19-12-10(17-3)6-9(7-11(12)18-4)8-15-16-13(20)14-2/h6-8H,5H2,1-4H3,(H2,14,16,20)/b15-8+. The molecular weight excluding hydrogens is 278 g/mol. The summed E-state index contributed by atoms with van der Waals surface area (Å²) < 4.78 is 16.1. The molecule has 0 heterocycles. The number of nitrogens with zero attached hydrogens (tertiary/aromatic N) is 1. The molecule has 0 aliphatic carbocycles. The monoisotopic (exact) mass is 297 g/mol. The van der Waals surface area contributed by atoms with Gasteiger partial charge in [0.25, 0.3) is 0 Å². The third kappa shape index (κ3) is 4.27. The summed E-state index contributed by atoms with van der Waals surface area (Å²) in [5.74, 6) is 1.75. The molecule has 1 aromatic rings. The van der Waals surface area contributed by atoms with Gasteiger partial charge in [-0.15, -0.1) is 0 Å². The second-order valence-corrected chi connectivity index (χ2v) is 4.04. The van der Waals surface area contributed by atoms with Crippen molar-refractivity contribution in [2.75, 3.05) is 27.9 Å². The Morgan fingerprint density at radius 2 is 1.90 bits per heavy atom. The van der Waals surface area contributed by atoms with Crippen molar-refractivity contribution >= 4 is 23.5 Å². The van der Waals surface area contributed by atoms with Gasteiger partial charge in [-0.3, -0.25) is 5.43 Å². The molecule has 0 amide bonds. The number of nitrogens with one attached hydrogen (secondary N) is 2. The molecule has 0 aromatic heterocycles. The molecule has 110 valence electrons. The maximum atomic E-state index is 5.52. The Hall–Kier alpha value is -2.02. The number of hydrogen-bond acceptors (Lipinski definition) is 5. The summed E-state index contributed by atoms with van der Waals surface area (Å²) in [6.07, 6.45) is 1.62. The zero-order valence-corrected chi connectivity index (χ0v) is 12.8. The molecule has 0 radical (unpaired) electrons. The molecule has 0 fully saturated rings. The Morgan fingerprint density at radius 1 is 1.30 bits per heavy atom. The molecule has 0 aliphatic rings. The summed E-state index contributed by atoms with van der Waals surface area (Å²) in [7, 11) is 4.87. The minimum atomic E-state index is 0.436. The van der Waals surface area contributed by atoms with Gasteiger partial charge in [0, 0.05) is 12.6 Å². The van der Waals surface area contributed by atoms with E-state index in [-0.39, 0.29) is 0 Å². The van der Waals surface area contributed by atoms with Crippen LogP contribution in [0.5, 0.6) is 17.2 Å². The first kappa shape index (κ1) is 16.0. The third-order valence-corrected chi connectivity index (χ3v) is 2.67. The van der Waals surface area contributed by atoms with Crippen LogP contribution in [0, 0.1) is 0 Å². The van der Waals surface area contributed by atoms with Crippen LogP contribution in [-0.2, 0) is 0 Å². The van der Waals surface area contributed by atoms with E-state index in [1.165, 1.54) is 0 Å². The smallest absolute Gasteiger partial charge is 0.203 e. The fourth-order valence-electron chi connectivity index (χ4n) is 1.48. The van der Waals surface area contributed by atoms with Crippen LogP contribution < -0.4 is 25.0 Å². The summed E-state index contributed by atoms with van der Waals surface area (Å²) >= 11 is 4.92. The second kappa shape index (κ2) is 8.21. The number of methoxy groups -OCH3 is 2. The van der Waals surface area contributed by atoms with Crippen molar-refractivity contribution in [1.29, 1.82) is 0 Å². The van der Waals surface area contributed by atoms with Gasteiger partial charge < -0.3 is 19.5 Å². The maximum Gasteiger partial charge on any atom is 0.203 e. The number of benzene rings is 1. The Kier molecular flexibility index (Phi) is 6.58. The van der Waals surface area contributed by atoms with Gasteiger partial charge in [-0.2, -0.15) is 5.10 Å². The van der Waals surface area contributed by atoms with Crippen molar-refractivity contribution in [3.05, 3.63) is 17.7 Å².